The smallest absolute Gasteiger partial charge is 0.108 e. The van der Waals surface area contributed by atoms with E-state index in [0.29, 0.717) is 22.6 Å². The number of benzene rings is 1. The number of hydrogen-bond donors (Lipinski definition) is 2. The first-order valence-corrected chi connectivity index (χ1v) is 11.1. The van der Waals surface area contributed by atoms with Crippen molar-refractivity contribution in [2.24, 2.45) is 5.92 Å². The molecule has 0 fully saturated rings. The van der Waals surface area contributed by atoms with Gasteiger partial charge in [0.25, 0.3) is 0 Å². The molecule has 6 nitrogen and oxygen atoms in total. The Morgan fingerprint density at radius 1 is 1.23 bits per heavy atom. The number of aliphatic hydroxyl groups excluding tert-OH is 1. The highest BCUT2D eigenvalue weighted by atomic mass is 35.5. The average Bonchev–Trinajstić information content (AvgIpc) is 3.18. The largest absolute Gasteiger partial charge is 0.398 e. The van der Waals surface area contributed by atoms with Crippen LogP contribution in [0.15, 0.2) is 36.0 Å². The van der Waals surface area contributed by atoms with Gasteiger partial charge in [-0.25, -0.2) is 0 Å². The number of aromatic nitrogens is 4. The van der Waals surface area contributed by atoms with Crippen molar-refractivity contribution in [2.45, 2.75) is 57.6 Å². The summed E-state index contributed by atoms with van der Waals surface area (Å²) in [5.74, 6) is 1.02. The van der Waals surface area contributed by atoms with Crippen LogP contribution >= 0.6 is 11.6 Å². The zero-order chi connectivity index (χ0) is 20.7. The fourth-order valence-corrected chi connectivity index (χ4v) is 5.29. The van der Waals surface area contributed by atoms with E-state index in [-0.39, 0.29) is 6.61 Å². The minimum atomic E-state index is -0.0581. The van der Waals surface area contributed by atoms with Gasteiger partial charge in [0.05, 0.1) is 18.3 Å². The minimum absolute atomic E-state index is 0.0581. The number of halogens is 1. The molecule has 2 heterocycles. The molecule has 2 aromatic heterocycles. The summed E-state index contributed by atoms with van der Waals surface area (Å²) in [5.41, 5.74) is 13.0. The number of fused-ring (bicyclic) bond motifs is 5. The van der Waals surface area contributed by atoms with Gasteiger partial charge in [0.2, 0.25) is 0 Å². The van der Waals surface area contributed by atoms with E-state index in [1.54, 1.807) is 5.57 Å². The summed E-state index contributed by atoms with van der Waals surface area (Å²) in [6, 6.07) is 5.81. The standard InChI is InChI=1S/C23H26ClN5O/c24-17-4-5-19-20(11-17)26-21-10-15-7-14(8-16(9-15)22(21)23(19)25)3-1-2-6-29-12-18(13-30)27-28-29/h4-5,7,11-12,15-16,30H,1-3,6,8-10,13H2,(H2,25,26)/t15-,16+/m1/s1. The molecule has 3 aromatic rings. The molecule has 5 rings (SSSR count). The lowest BCUT2D eigenvalue weighted by Crippen LogP contribution is -2.24. The maximum absolute atomic E-state index is 9.09. The summed E-state index contributed by atoms with van der Waals surface area (Å²) in [6.07, 6.45) is 10.8. The van der Waals surface area contributed by atoms with Crippen LogP contribution in [0.3, 0.4) is 0 Å². The first-order chi connectivity index (χ1) is 14.6. The van der Waals surface area contributed by atoms with Crippen LogP contribution in [0.4, 0.5) is 5.69 Å². The van der Waals surface area contributed by atoms with E-state index in [1.165, 1.54) is 12.0 Å². The number of nitrogens with zero attached hydrogens (tertiary/aromatic N) is 4. The summed E-state index contributed by atoms with van der Waals surface area (Å²) >= 11 is 6.17. The summed E-state index contributed by atoms with van der Waals surface area (Å²) in [7, 11) is 0. The summed E-state index contributed by atoms with van der Waals surface area (Å²) in [6.45, 7) is 0.777. The Labute approximate surface area is 180 Å². The summed E-state index contributed by atoms with van der Waals surface area (Å²) < 4.78 is 1.81. The Morgan fingerprint density at radius 3 is 2.97 bits per heavy atom. The van der Waals surface area contributed by atoms with Crippen molar-refractivity contribution in [1.29, 1.82) is 0 Å². The minimum Gasteiger partial charge on any atom is -0.398 e. The number of aryl methyl sites for hydroxylation is 1. The third kappa shape index (κ3) is 3.70. The third-order valence-electron chi connectivity index (χ3n) is 6.42. The lowest BCUT2D eigenvalue weighted by atomic mass is 9.70. The second-order valence-electron chi connectivity index (χ2n) is 8.56. The molecule has 0 saturated carbocycles. The average molecular weight is 424 g/mol. The first-order valence-electron chi connectivity index (χ1n) is 10.7. The molecule has 30 heavy (non-hydrogen) atoms. The molecule has 0 unspecified atom stereocenters. The SMILES string of the molecule is Nc1c2c(nc3cc(Cl)ccc13)C[C@@H]1C=C(CCCCn3cc(CO)nn3)C[C@H]2C1. The van der Waals surface area contributed by atoms with E-state index in [4.69, 9.17) is 27.4 Å². The molecule has 2 aliphatic carbocycles. The number of nitrogens with two attached hydrogens (primary N) is 1. The first kappa shape index (κ1) is 19.5. The number of rotatable bonds is 6. The molecule has 2 atom stereocenters. The van der Waals surface area contributed by atoms with Gasteiger partial charge in [-0.2, -0.15) is 0 Å². The fraction of sp³-hybridized carbons (Fsp3) is 0.435. The van der Waals surface area contributed by atoms with Crippen molar-refractivity contribution in [3.63, 3.8) is 0 Å². The zero-order valence-electron chi connectivity index (χ0n) is 16.9. The molecule has 2 aliphatic rings. The van der Waals surface area contributed by atoms with Crippen molar-refractivity contribution in [3.8, 4) is 0 Å². The van der Waals surface area contributed by atoms with Gasteiger partial charge in [-0.15, -0.1) is 5.10 Å². The monoisotopic (exact) mass is 423 g/mol. The van der Waals surface area contributed by atoms with Crippen LogP contribution in [0.1, 0.15) is 55.0 Å². The summed E-state index contributed by atoms with van der Waals surface area (Å²) in [4.78, 5) is 4.94. The molecule has 0 radical (unpaired) electrons. The van der Waals surface area contributed by atoms with Crippen LogP contribution < -0.4 is 5.73 Å². The molecular formula is C23H26ClN5O. The lowest BCUT2D eigenvalue weighted by Gasteiger charge is -2.36. The predicted octanol–water partition coefficient (Wildman–Crippen LogP) is 4.40. The molecule has 3 N–H and O–H groups in total. The van der Waals surface area contributed by atoms with Gasteiger partial charge in [-0.05, 0) is 68.6 Å². The number of aliphatic hydroxyl groups is 1. The van der Waals surface area contributed by atoms with Gasteiger partial charge in [0, 0.05) is 33.9 Å². The van der Waals surface area contributed by atoms with E-state index >= 15 is 0 Å². The van der Waals surface area contributed by atoms with Crippen LogP contribution in [0.5, 0.6) is 0 Å². The predicted molar refractivity (Wildman–Crippen MR) is 118 cm³/mol. The van der Waals surface area contributed by atoms with E-state index in [0.717, 1.165) is 60.9 Å². The van der Waals surface area contributed by atoms with E-state index in [2.05, 4.69) is 16.4 Å². The highest BCUT2D eigenvalue weighted by molar-refractivity contribution is 6.31. The van der Waals surface area contributed by atoms with Gasteiger partial charge in [-0.3, -0.25) is 9.67 Å². The normalized spacial score (nSPS) is 20.3. The third-order valence-corrected chi connectivity index (χ3v) is 6.66. The Hall–Kier alpha value is -2.44. The maximum atomic E-state index is 9.09. The number of hydrogen-bond acceptors (Lipinski definition) is 5. The van der Waals surface area contributed by atoms with Crippen molar-refractivity contribution < 1.29 is 5.11 Å². The van der Waals surface area contributed by atoms with Crippen LogP contribution in [-0.4, -0.2) is 25.1 Å². The van der Waals surface area contributed by atoms with Crippen molar-refractivity contribution >= 4 is 28.2 Å². The maximum Gasteiger partial charge on any atom is 0.108 e. The van der Waals surface area contributed by atoms with E-state index < -0.39 is 0 Å². The Balaban J connectivity index is 1.27. The van der Waals surface area contributed by atoms with Crippen LogP contribution in [0, 0.1) is 5.92 Å². The molecule has 0 spiro atoms. The Kier molecular flexibility index (Phi) is 5.21. The molecule has 7 heteroatoms. The molecule has 0 saturated heterocycles. The van der Waals surface area contributed by atoms with E-state index in [9.17, 15) is 0 Å². The van der Waals surface area contributed by atoms with Gasteiger partial charge in [-0.1, -0.05) is 28.5 Å². The number of allylic oxidation sites excluding steroid dienone is 2. The topological polar surface area (TPSA) is 89.8 Å². The second kappa shape index (κ2) is 8.00. The molecule has 0 amide bonds. The van der Waals surface area contributed by atoms with Crippen LogP contribution in [0.25, 0.3) is 10.9 Å². The number of anilines is 1. The number of pyridine rings is 1. The highest BCUT2D eigenvalue weighted by Gasteiger charge is 2.33. The van der Waals surface area contributed by atoms with Crippen molar-refractivity contribution in [3.05, 3.63) is 58.0 Å². The quantitative estimate of drug-likeness (QED) is 0.453. The number of nitrogen functional groups attached to an aromatic ring is 1. The lowest BCUT2D eigenvalue weighted by molar-refractivity contribution is 0.276. The number of unbranched alkanes of at least 4 members (excludes halogenated alkanes) is 1. The van der Waals surface area contributed by atoms with Crippen LogP contribution in [0.2, 0.25) is 5.02 Å². The zero-order valence-corrected chi connectivity index (χ0v) is 17.6. The van der Waals surface area contributed by atoms with Crippen molar-refractivity contribution in [2.75, 3.05) is 5.73 Å². The van der Waals surface area contributed by atoms with Gasteiger partial charge in [0.15, 0.2) is 0 Å². The van der Waals surface area contributed by atoms with Gasteiger partial charge >= 0.3 is 0 Å². The molecule has 2 bridgehead atoms. The van der Waals surface area contributed by atoms with E-state index in [1.807, 2.05) is 29.1 Å². The summed E-state index contributed by atoms with van der Waals surface area (Å²) in [5, 5.41) is 18.8. The molecule has 156 valence electrons. The molecular weight excluding hydrogens is 398 g/mol. The highest BCUT2D eigenvalue weighted by Crippen LogP contribution is 2.47. The second-order valence-corrected chi connectivity index (χ2v) is 9.00. The fourth-order valence-electron chi connectivity index (χ4n) is 5.12. The Morgan fingerprint density at radius 2 is 2.13 bits per heavy atom. The van der Waals surface area contributed by atoms with Gasteiger partial charge < -0.3 is 10.8 Å². The van der Waals surface area contributed by atoms with Gasteiger partial charge in [0.1, 0.15) is 5.69 Å². The molecule has 1 aromatic carbocycles. The Bertz CT molecular complexity index is 1120. The molecule has 0 aliphatic heterocycles. The van der Waals surface area contributed by atoms with Crippen molar-refractivity contribution in [1.82, 2.24) is 20.0 Å². The van der Waals surface area contributed by atoms with Crippen LogP contribution in [-0.2, 0) is 19.6 Å².